The molecule has 1 atom stereocenters. The van der Waals surface area contributed by atoms with Crippen LogP contribution in [0.1, 0.15) is 17.2 Å². The van der Waals surface area contributed by atoms with Crippen LogP contribution in [0.4, 0.5) is 0 Å². The van der Waals surface area contributed by atoms with Crippen LogP contribution < -0.4 is 4.74 Å². The van der Waals surface area contributed by atoms with Crippen molar-refractivity contribution < 1.29 is 19.4 Å². The van der Waals surface area contributed by atoms with Crippen LogP contribution in [0.15, 0.2) is 48.5 Å². The predicted molar refractivity (Wildman–Crippen MR) is 79.6 cm³/mol. The molecule has 2 rings (SSSR count). The van der Waals surface area contributed by atoms with Gasteiger partial charge in [0.2, 0.25) is 0 Å². The summed E-state index contributed by atoms with van der Waals surface area (Å²) in [5.41, 5.74) is 1.38. The lowest BCUT2D eigenvalue weighted by molar-refractivity contribution is -0.151. The molecule has 1 N–H and O–H groups in total. The van der Waals surface area contributed by atoms with Crippen molar-refractivity contribution in [2.24, 2.45) is 0 Å². The van der Waals surface area contributed by atoms with Crippen molar-refractivity contribution in [2.45, 2.75) is 12.7 Å². The quantitative estimate of drug-likeness (QED) is 0.884. The topological polar surface area (TPSA) is 55.8 Å². The van der Waals surface area contributed by atoms with Crippen LogP contribution in [0.5, 0.6) is 5.75 Å². The largest absolute Gasteiger partial charge is 0.495 e. The number of hydrogen-bond donors (Lipinski definition) is 1. The minimum absolute atomic E-state index is 0.148. The van der Waals surface area contributed by atoms with E-state index in [1.807, 2.05) is 6.07 Å². The molecule has 0 amide bonds. The van der Waals surface area contributed by atoms with E-state index in [1.54, 1.807) is 42.5 Å². The Balaban J connectivity index is 2.09. The maximum atomic E-state index is 11.3. The molecule has 0 aliphatic rings. The third kappa shape index (κ3) is 3.97. The minimum Gasteiger partial charge on any atom is -0.495 e. The molecule has 110 valence electrons. The van der Waals surface area contributed by atoms with Gasteiger partial charge in [-0.15, -0.1) is 0 Å². The SMILES string of the molecule is COc1ccc(CO[C@H](C(=O)O)c2ccccc2)cc1Cl. The fraction of sp³-hybridized carbons (Fsp3) is 0.188. The summed E-state index contributed by atoms with van der Waals surface area (Å²) in [4.78, 5) is 11.3. The molecule has 0 heterocycles. The molecule has 0 aliphatic heterocycles. The average molecular weight is 307 g/mol. The molecule has 21 heavy (non-hydrogen) atoms. The second kappa shape index (κ2) is 7.11. The molecule has 4 nitrogen and oxygen atoms in total. The molecular weight excluding hydrogens is 292 g/mol. The molecule has 0 saturated carbocycles. The van der Waals surface area contributed by atoms with E-state index in [0.717, 1.165) is 5.56 Å². The van der Waals surface area contributed by atoms with Crippen molar-refractivity contribution in [3.8, 4) is 5.75 Å². The molecule has 0 bridgehead atoms. The summed E-state index contributed by atoms with van der Waals surface area (Å²) in [7, 11) is 1.53. The molecule has 2 aromatic carbocycles. The Hall–Kier alpha value is -2.04. The Kier molecular flexibility index (Phi) is 5.20. The molecule has 0 radical (unpaired) electrons. The number of carbonyl (C=O) groups is 1. The number of rotatable bonds is 6. The standard InChI is InChI=1S/C16H15ClO4/c1-20-14-8-7-11(9-13(14)17)10-21-15(16(18)19)12-5-3-2-4-6-12/h2-9,15H,10H2,1H3,(H,18,19)/t15-/m0/s1. The molecule has 0 aliphatic carbocycles. The fourth-order valence-corrected chi connectivity index (χ4v) is 2.20. The highest BCUT2D eigenvalue weighted by Gasteiger charge is 2.20. The molecule has 0 unspecified atom stereocenters. The van der Waals surface area contributed by atoms with Gasteiger partial charge >= 0.3 is 5.97 Å². The predicted octanol–water partition coefficient (Wildman–Crippen LogP) is 3.69. The van der Waals surface area contributed by atoms with E-state index >= 15 is 0 Å². The Bertz CT molecular complexity index is 613. The van der Waals surface area contributed by atoms with Crippen LogP contribution in [0.3, 0.4) is 0 Å². The highest BCUT2D eigenvalue weighted by molar-refractivity contribution is 6.32. The summed E-state index contributed by atoms with van der Waals surface area (Å²) < 4.78 is 10.6. The Morgan fingerprint density at radius 2 is 1.95 bits per heavy atom. The number of benzene rings is 2. The van der Waals surface area contributed by atoms with Gasteiger partial charge in [-0.1, -0.05) is 48.0 Å². The van der Waals surface area contributed by atoms with E-state index in [2.05, 4.69) is 0 Å². The maximum Gasteiger partial charge on any atom is 0.337 e. The summed E-state index contributed by atoms with van der Waals surface area (Å²) in [5, 5.41) is 9.73. The fourth-order valence-electron chi connectivity index (χ4n) is 1.92. The summed E-state index contributed by atoms with van der Waals surface area (Å²) in [6, 6.07) is 14.0. The van der Waals surface area contributed by atoms with Gasteiger partial charge in [0.15, 0.2) is 6.10 Å². The normalized spacial score (nSPS) is 11.9. The van der Waals surface area contributed by atoms with Crippen LogP contribution in [0.2, 0.25) is 5.02 Å². The van der Waals surface area contributed by atoms with Crippen molar-refractivity contribution in [3.05, 3.63) is 64.7 Å². The lowest BCUT2D eigenvalue weighted by Crippen LogP contribution is -2.15. The smallest absolute Gasteiger partial charge is 0.337 e. The number of carboxylic acid groups (broad SMARTS) is 1. The first-order chi connectivity index (χ1) is 10.1. The minimum atomic E-state index is -1.03. The van der Waals surface area contributed by atoms with Crippen LogP contribution >= 0.6 is 11.6 Å². The molecule has 0 aromatic heterocycles. The van der Waals surface area contributed by atoms with Gasteiger partial charge in [-0.05, 0) is 23.3 Å². The number of methoxy groups -OCH3 is 1. The van der Waals surface area contributed by atoms with Crippen molar-refractivity contribution in [2.75, 3.05) is 7.11 Å². The van der Waals surface area contributed by atoms with Gasteiger partial charge in [0.25, 0.3) is 0 Å². The second-order valence-corrected chi connectivity index (χ2v) is 4.82. The molecule has 2 aromatic rings. The van der Waals surface area contributed by atoms with Crippen LogP contribution in [-0.4, -0.2) is 18.2 Å². The number of hydrogen-bond acceptors (Lipinski definition) is 3. The van der Waals surface area contributed by atoms with Gasteiger partial charge in [-0.2, -0.15) is 0 Å². The van der Waals surface area contributed by atoms with Crippen molar-refractivity contribution in [1.82, 2.24) is 0 Å². The number of carboxylic acids is 1. The summed E-state index contributed by atoms with van der Waals surface area (Å²) in [6.07, 6.45) is -1.01. The monoisotopic (exact) mass is 306 g/mol. The lowest BCUT2D eigenvalue weighted by atomic mass is 10.1. The van der Waals surface area contributed by atoms with Crippen LogP contribution in [0.25, 0.3) is 0 Å². The summed E-state index contributed by atoms with van der Waals surface area (Å²) in [5.74, 6) is -0.459. The zero-order valence-electron chi connectivity index (χ0n) is 11.5. The van der Waals surface area contributed by atoms with Gasteiger partial charge in [-0.25, -0.2) is 4.79 Å². The highest BCUT2D eigenvalue weighted by atomic mass is 35.5. The van der Waals surface area contributed by atoms with E-state index in [4.69, 9.17) is 21.1 Å². The average Bonchev–Trinajstić information content (AvgIpc) is 2.48. The van der Waals surface area contributed by atoms with E-state index < -0.39 is 12.1 Å². The van der Waals surface area contributed by atoms with Crippen molar-refractivity contribution >= 4 is 17.6 Å². The molecule has 5 heteroatoms. The van der Waals surface area contributed by atoms with E-state index in [1.165, 1.54) is 7.11 Å². The first-order valence-electron chi connectivity index (χ1n) is 6.33. The highest BCUT2D eigenvalue weighted by Crippen LogP contribution is 2.26. The second-order valence-electron chi connectivity index (χ2n) is 4.41. The summed E-state index contributed by atoms with van der Waals surface area (Å²) in [6.45, 7) is 0.148. The lowest BCUT2D eigenvalue weighted by Gasteiger charge is -2.14. The van der Waals surface area contributed by atoms with E-state index in [9.17, 15) is 9.90 Å². The third-order valence-electron chi connectivity index (χ3n) is 2.96. The maximum absolute atomic E-state index is 11.3. The van der Waals surface area contributed by atoms with Gasteiger partial charge in [-0.3, -0.25) is 0 Å². The first-order valence-corrected chi connectivity index (χ1v) is 6.71. The van der Waals surface area contributed by atoms with Gasteiger partial charge in [0.05, 0.1) is 18.7 Å². The van der Waals surface area contributed by atoms with Gasteiger partial charge in [0, 0.05) is 0 Å². The summed E-state index contributed by atoms with van der Waals surface area (Å²) >= 11 is 6.03. The number of ether oxygens (including phenoxy) is 2. The third-order valence-corrected chi connectivity index (χ3v) is 3.25. The van der Waals surface area contributed by atoms with Crippen LogP contribution in [-0.2, 0) is 16.1 Å². The zero-order valence-corrected chi connectivity index (χ0v) is 12.2. The first kappa shape index (κ1) is 15.4. The molecular formula is C16H15ClO4. The van der Waals surface area contributed by atoms with Crippen molar-refractivity contribution in [3.63, 3.8) is 0 Å². The van der Waals surface area contributed by atoms with E-state index in [0.29, 0.717) is 16.3 Å². The number of aliphatic carboxylic acids is 1. The Labute approximate surface area is 127 Å². The number of halogens is 1. The Morgan fingerprint density at radius 3 is 2.52 bits per heavy atom. The van der Waals surface area contributed by atoms with Gasteiger partial charge < -0.3 is 14.6 Å². The van der Waals surface area contributed by atoms with Crippen LogP contribution in [0, 0.1) is 0 Å². The molecule has 0 fully saturated rings. The van der Waals surface area contributed by atoms with Crippen molar-refractivity contribution in [1.29, 1.82) is 0 Å². The zero-order chi connectivity index (χ0) is 15.2. The molecule has 0 spiro atoms. The molecule has 0 saturated heterocycles. The van der Waals surface area contributed by atoms with Gasteiger partial charge in [0.1, 0.15) is 5.75 Å². The van der Waals surface area contributed by atoms with E-state index in [-0.39, 0.29) is 6.61 Å². The Morgan fingerprint density at radius 1 is 1.24 bits per heavy atom.